The number of pyridine rings is 1. The lowest BCUT2D eigenvalue weighted by atomic mass is 10.0. The van der Waals surface area contributed by atoms with E-state index in [9.17, 15) is 14.7 Å². The fraction of sp³-hybridized carbons (Fsp3) is 0.417. The minimum Gasteiger partial charge on any atom is -0.481 e. The maximum Gasteiger partial charge on any atom is 0.306 e. The molecule has 0 saturated heterocycles. The van der Waals surface area contributed by atoms with Crippen molar-refractivity contribution in [1.82, 2.24) is 10.3 Å². The number of hydrogen-bond acceptors (Lipinski definition) is 4. The predicted octanol–water partition coefficient (Wildman–Crippen LogP) is 0.346. The maximum atomic E-state index is 11.7. The molecule has 1 rings (SSSR count). The molecule has 6 heteroatoms. The Morgan fingerprint density at radius 3 is 2.67 bits per heavy atom. The van der Waals surface area contributed by atoms with Gasteiger partial charge in [0.15, 0.2) is 0 Å². The molecule has 0 spiro atoms. The van der Waals surface area contributed by atoms with Crippen molar-refractivity contribution in [2.45, 2.75) is 25.9 Å². The summed E-state index contributed by atoms with van der Waals surface area (Å²) in [6.45, 7) is 2.97. The topological polar surface area (TPSA) is 99.5 Å². The van der Waals surface area contributed by atoms with Gasteiger partial charge in [0.25, 0.3) is 5.91 Å². The number of nitrogens with one attached hydrogen (secondary N) is 1. The molecule has 0 aromatic carbocycles. The monoisotopic (exact) mass is 252 g/mol. The van der Waals surface area contributed by atoms with Gasteiger partial charge in [-0.05, 0) is 26.0 Å². The van der Waals surface area contributed by atoms with Crippen molar-refractivity contribution in [2.75, 3.05) is 6.54 Å². The molecular weight excluding hydrogens is 236 g/mol. The molecule has 0 aliphatic rings. The minimum atomic E-state index is -1.48. The highest BCUT2D eigenvalue weighted by Crippen LogP contribution is 2.08. The van der Waals surface area contributed by atoms with Crippen LogP contribution in [0.5, 0.6) is 0 Å². The smallest absolute Gasteiger partial charge is 0.306 e. The van der Waals surface area contributed by atoms with Crippen LogP contribution in [0.15, 0.2) is 18.2 Å². The van der Waals surface area contributed by atoms with Gasteiger partial charge in [0.2, 0.25) is 0 Å². The quantitative estimate of drug-likeness (QED) is 0.702. The molecular formula is C12H16N2O4. The summed E-state index contributed by atoms with van der Waals surface area (Å²) < 4.78 is 0. The Kier molecular flexibility index (Phi) is 4.38. The number of aryl methyl sites for hydroxylation is 1. The minimum absolute atomic E-state index is 0.145. The van der Waals surface area contributed by atoms with E-state index in [1.807, 2.05) is 0 Å². The van der Waals surface area contributed by atoms with Crippen molar-refractivity contribution >= 4 is 11.9 Å². The average Bonchev–Trinajstić information content (AvgIpc) is 2.24. The lowest BCUT2D eigenvalue weighted by Crippen LogP contribution is -2.42. The summed E-state index contributed by atoms with van der Waals surface area (Å²) in [6, 6.07) is 5.01. The van der Waals surface area contributed by atoms with Crippen molar-refractivity contribution in [1.29, 1.82) is 0 Å². The summed E-state index contributed by atoms with van der Waals surface area (Å²) in [5.41, 5.74) is -0.535. The first kappa shape index (κ1) is 14.1. The highest BCUT2D eigenvalue weighted by molar-refractivity contribution is 5.92. The van der Waals surface area contributed by atoms with Gasteiger partial charge >= 0.3 is 5.97 Å². The van der Waals surface area contributed by atoms with Crippen LogP contribution in [-0.2, 0) is 4.79 Å². The molecule has 1 unspecified atom stereocenters. The Morgan fingerprint density at radius 2 is 2.11 bits per heavy atom. The Balaban J connectivity index is 2.58. The van der Waals surface area contributed by atoms with Gasteiger partial charge < -0.3 is 15.5 Å². The molecule has 1 heterocycles. The number of aliphatic carboxylic acids is 1. The molecule has 0 radical (unpaired) electrons. The molecule has 0 aliphatic carbocycles. The van der Waals surface area contributed by atoms with Crippen LogP contribution < -0.4 is 5.32 Å². The average molecular weight is 252 g/mol. The Bertz CT molecular complexity index is 457. The van der Waals surface area contributed by atoms with Crippen molar-refractivity contribution in [3.05, 3.63) is 29.6 Å². The van der Waals surface area contributed by atoms with Crippen molar-refractivity contribution in [3.63, 3.8) is 0 Å². The van der Waals surface area contributed by atoms with Gasteiger partial charge in [0.05, 0.1) is 12.0 Å². The number of nitrogens with zero attached hydrogens (tertiary/aromatic N) is 1. The number of hydrogen-bond donors (Lipinski definition) is 3. The van der Waals surface area contributed by atoms with E-state index in [4.69, 9.17) is 5.11 Å². The summed E-state index contributed by atoms with van der Waals surface area (Å²) >= 11 is 0. The van der Waals surface area contributed by atoms with Gasteiger partial charge in [-0.15, -0.1) is 0 Å². The third kappa shape index (κ3) is 4.50. The van der Waals surface area contributed by atoms with Crippen LogP contribution >= 0.6 is 0 Å². The lowest BCUT2D eigenvalue weighted by Gasteiger charge is -2.21. The Hall–Kier alpha value is -1.95. The summed E-state index contributed by atoms with van der Waals surface area (Å²) in [6.07, 6.45) is -0.436. The predicted molar refractivity (Wildman–Crippen MR) is 64.2 cm³/mol. The number of aliphatic hydroxyl groups is 1. The molecule has 1 atom stereocenters. The van der Waals surface area contributed by atoms with Crippen molar-refractivity contribution in [3.8, 4) is 0 Å². The van der Waals surface area contributed by atoms with Gasteiger partial charge in [-0.1, -0.05) is 6.07 Å². The first-order valence-electron chi connectivity index (χ1n) is 5.46. The summed E-state index contributed by atoms with van der Waals surface area (Å²) in [4.78, 5) is 26.2. The number of carbonyl (C=O) groups excluding carboxylic acids is 1. The second kappa shape index (κ2) is 5.59. The van der Waals surface area contributed by atoms with Crippen LogP contribution in [0, 0.1) is 6.92 Å². The van der Waals surface area contributed by atoms with Crippen molar-refractivity contribution < 1.29 is 19.8 Å². The van der Waals surface area contributed by atoms with E-state index in [1.54, 1.807) is 25.1 Å². The normalized spacial score (nSPS) is 13.7. The molecule has 1 aromatic rings. The molecule has 0 fully saturated rings. The fourth-order valence-electron chi connectivity index (χ4n) is 1.42. The van der Waals surface area contributed by atoms with Gasteiger partial charge in [-0.2, -0.15) is 0 Å². The largest absolute Gasteiger partial charge is 0.481 e. The SMILES string of the molecule is Cc1cccc(C(=O)NCC(C)(O)CC(=O)O)n1. The second-order valence-electron chi connectivity index (χ2n) is 4.41. The Labute approximate surface area is 105 Å². The van der Waals surface area contributed by atoms with Gasteiger partial charge in [0.1, 0.15) is 5.69 Å². The van der Waals surface area contributed by atoms with Crippen LogP contribution in [0.1, 0.15) is 29.5 Å². The third-order valence-corrected chi connectivity index (χ3v) is 2.28. The van der Waals surface area contributed by atoms with Crippen LogP contribution in [0.25, 0.3) is 0 Å². The molecule has 3 N–H and O–H groups in total. The molecule has 18 heavy (non-hydrogen) atoms. The zero-order chi connectivity index (χ0) is 13.8. The summed E-state index contributed by atoms with van der Waals surface area (Å²) in [5.74, 6) is -1.56. The first-order valence-corrected chi connectivity index (χ1v) is 5.46. The van der Waals surface area contributed by atoms with E-state index in [2.05, 4.69) is 10.3 Å². The number of carbonyl (C=O) groups is 2. The lowest BCUT2D eigenvalue weighted by molar-refractivity contribution is -0.141. The highest BCUT2D eigenvalue weighted by Gasteiger charge is 2.25. The first-order chi connectivity index (χ1) is 8.30. The summed E-state index contributed by atoms with van der Waals surface area (Å²) in [5, 5.41) is 20.8. The highest BCUT2D eigenvalue weighted by atomic mass is 16.4. The van der Waals surface area contributed by atoms with Crippen LogP contribution in [0.3, 0.4) is 0 Å². The number of carboxylic acid groups (broad SMARTS) is 1. The van der Waals surface area contributed by atoms with Crippen LogP contribution in [0.4, 0.5) is 0 Å². The molecule has 6 nitrogen and oxygen atoms in total. The van der Waals surface area contributed by atoms with Crippen LogP contribution in [0.2, 0.25) is 0 Å². The van der Waals surface area contributed by atoms with E-state index in [-0.39, 0.29) is 12.2 Å². The molecule has 98 valence electrons. The number of amides is 1. The summed E-state index contributed by atoms with van der Waals surface area (Å²) in [7, 11) is 0. The second-order valence-corrected chi connectivity index (χ2v) is 4.41. The molecule has 1 amide bonds. The zero-order valence-corrected chi connectivity index (χ0v) is 10.3. The molecule has 0 bridgehead atoms. The molecule has 0 aliphatic heterocycles. The zero-order valence-electron chi connectivity index (χ0n) is 10.3. The third-order valence-electron chi connectivity index (χ3n) is 2.28. The number of rotatable bonds is 5. The molecule has 0 saturated carbocycles. The van der Waals surface area contributed by atoms with Crippen molar-refractivity contribution in [2.24, 2.45) is 0 Å². The van der Waals surface area contributed by atoms with Gasteiger partial charge in [-0.3, -0.25) is 9.59 Å². The van der Waals surface area contributed by atoms with E-state index < -0.39 is 23.9 Å². The van der Waals surface area contributed by atoms with E-state index in [0.29, 0.717) is 5.69 Å². The fourth-order valence-corrected chi connectivity index (χ4v) is 1.42. The van der Waals surface area contributed by atoms with E-state index >= 15 is 0 Å². The van der Waals surface area contributed by atoms with Gasteiger partial charge in [-0.25, -0.2) is 4.98 Å². The van der Waals surface area contributed by atoms with E-state index in [0.717, 1.165) is 0 Å². The van der Waals surface area contributed by atoms with Gasteiger partial charge in [0, 0.05) is 12.2 Å². The Morgan fingerprint density at radius 1 is 1.44 bits per heavy atom. The standard InChI is InChI=1S/C12H16N2O4/c1-8-4-3-5-9(14-8)11(17)13-7-12(2,18)6-10(15)16/h3-5,18H,6-7H2,1-2H3,(H,13,17)(H,15,16). The number of aromatic nitrogens is 1. The van der Waals surface area contributed by atoms with E-state index in [1.165, 1.54) is 6.92 Å². The van der Waals surface area contributed by atoms with Crippen LogP contribution in [-0.4, -0.2) is 39.2 Å². The number of carboxylic acids is 1. The maximum absolute atomic E-state index is 11.7. The molecule has 1 aromatic heterocycles.